The van der Waals surface area contributed by atoms with E-state index in [0.29, 0.717) is 15.9 Å². The molecule has 7 nitrogen and oxygen atoms in total. The minimum absolute atomic E-state index is 0.0752. The van der Waals surface area contributed by atoms with Gasteiger partial charge < -0.3 is 20.3 Å². The number of carboxylic acids is 1. The van der Waals surface area contributed by atoms with Gasteiger partial charge in [-0.1, -0.05) is 21.1 Å². The first-order valence-corrected chi connectivity index (χ1v) is 6.32. The Balaban J connectivity index is 1.98. The van der Waals surface area contributed by atoms with E-state index in [1.54, 1.807) is 12.1 Å². The van der Waals surface area contributed by atoms with Crippen LogP contribution >= 0.6 is 15.9 Å². The number of nitrogens with zero attached hydrogens (tertiary/aromatic N) is 1. The molecule has 0 radical (unpaired) electrons. The highest BCUT2D eigenvalue weighted by molar-refractivity contribution is 9.10. The monoisotopic (exact) mass is 339 g/mol. The van der Waals surface area contributed by atoms with E-state index in [0.717, 1.165) is 0 Å². The fourth-order valence-electron chi connectivity index (χ4n) is 1.46. The number of nitrogens with one attached hydrogen (secondary N) is 2. The molecule has 0 aliphatic carbocycles. The smallest absolute Gasteiger partial charge is 0.335 e. The molecule has 0 aliphatic rings. The van der Waals surface area contributed by atoms with E-state index in [9.17, 15) is 9.59 Å². The standard InChI is InChI=1S/C12H10BrN3O4/c13-8-3-7(11(17)18)4-10(5-8)15-12(19)14-6-9-1-2-20-16-9/h1-5H,6H2,(H,17,18)(H2,14,15,19). The SMILES string of the molecule is O=C(NCc1ccon1)Nc1cc(Br)cc(C(=O)O)c1. The molecule has 20 heavy (non-hydrogen) atoms. The maximum absolute atomic E-state index is 11.7. The third-order valence-corrected chi connectivity index (χ3v) is 2.78. The third kappa shape index (κ3) is 3.82. The molecule has 2 aromatic rings. The predicted octanol–water partition coefficient (Wildman–Crippen LogP) is 2.46. The van der Waals surface area contributed by atoms with Crippen LogP contribution in [0.1, 0.15) is 16.1 Å². The van der Waals surface area contributed by atoms with E-state index < -0.39 is 12.0 Å². The zero-order chi connectivity index (χ0) is 14.5. The molecule has 1 aromatic heterocycles. The summed E-state index contributed by atoms with van der Waals surface area (Å²) in [7, 11) is 0. The maximum Gasteiger partial charge on any atom is 0.335 e. The summed E-state index contributed by atoms with van der Waals surface area (Å²) in [6.07, 6.45) is 1.41. The van der Waals surface area contributed by atoms with Crippen molar-refractivity contribution in [3.8, 4) is 0 Å². The van der Waals surface area contributed by atoms with Crippen LogP contribution in [0.15, 0.2) is 39.5 Å². The van der Waals surface area contributed by atoms with Crippen molar-refractivity contribution in [3.05, 3.63) is 46.3 Å². The van der Waals surface area contributed by atoms with Crippen LogP contribution in [0.25, 0.3) is 0 Å². The maximum atomic E-state index is 11.7. The van der Waals surface area contributed by atoms with Crippen LogP contribution in [0.4, 0.5) is 10.5 Å². The summed E-state index contributed by atoms with van der Waals surface area (Å²) in [5.41, 5.74) is 1.03. The number of aromatic nitrogens is 1. The second kappa shape index (κ2) is 6.20. The van der Waals surface area contributed by atoms with Crippen molar-refractivity contribution in [1.82, 2.24) is 10.5 Å². The van der Waals surface area contributed by atoms with Gasteiger partial charge in [0.1, 0.15) is 12.0 Å². The van der Waals surface area contributed by atoms with Crippen molar-refractivity contribution in [2.75, 3.05) is 5.32 Å². The predicted molar refractivity (Wildman–Crippen MR) is 73.5 cm³/mol. The van der Waals surface area contributed by atoms with E-state index in [1.165, 1.54) is 18.4 Å². The summed E-state index contributed by atoms with van der Waals surface area (Å²) in [5.74, 6) is -1.07. The van der Waals surface area contributed by atoms with Crippen molar-refractivity contribution >= 4 is 33.6 Å². The van der Waals surface area contributed by atoms with E-state index in [1.807, 2.05) is 0 Å². The molecule has 0 saturated carbocycles. The van der Waals surface area contributed by atoms with Crippen LogP contribution in [-0.4, -0.2) is 22.3 Å². The van der Waals surface area contributed by atoms with Crippen LogP contribution < -0.4 is 10.6 Å². The average Bonchev–Trinajstić information content (AvgIpc) is 2.88. The molecule has 1 aromatic carbocycles. The molecule has 104 valence electrons. The van der Waals surface area contributed by atoms with Gasteiger partial charge in [0.05, 0.1) is 12.1 Å². The molecule has 0 unspecified atom stereocenters. The summed E-state index contributed by atoms with van der Waals surface area (Å²) in [6.45, 7) is 0.210. The first-order valence-electron chi connectivity index (χ1n) is 5.52. The molecule has 1 heterocycles. The average molecular weight is 340 g/mol. The number of amides is 2. The van der Waals surface area contributed by atoms with E-state index in [4.69, 9.17) is 5.11 Å². The minimum atomic E-state index is -1.07. The number of carbonyl (C=O) groups excluding carboxylic acids is 1. The van der Waals surface area contributed by atoms with Crippen LogP contribution in [0, 0.1) is 0 Å². The Hall–Kier alpha value is -2.35. The van der Waals surface area contributed by atoms with Gasteiger partial charge in [-0.25, -0.2) is 9.59 Å². The molecule has 2 amide bonds. The van der Waals surface area contributed by atoms with Crippen molar-refractivity contribution in [2.45, 2.75) is 6.54 Å². The molecule has 0 fully saturated rings. The zero-order valence-corrected chi connectivity index (χ0v) is 11.7. The fourth-order valence-corrected chi connectivity index (χ4v) is 1.95. The number of hydrogen-bond acceptors (Lipinski definition) is 4. The molecule has 0 spiro atoms. The zero-order valence-electron chi connectivity index (χ0n) is 10.1. The lowest BCUT2D eigenvalue weighted by Crippen LogP contribution is -2.28. The Morgan fingerprint density at radius 2 is 2.15 bits per heavy atom. The number of benzene rings is 1. The van der Waals surface area contributed by atoms with Crippen LogP contribution in [-0.2, 0) is 6.54 Å². The number of halogens is 1. The molecule has 3 N–H and O–H groups in total. The van der Waals surface area contributed by atoms with E-state index in [2.05, 4.69) is 36.2 Å². The molecule has 0 aliphatic heterocycles. The normalized spacial score (nSPS) is 10.1. The Labute approximate surface area is 122 Å². The van der Waals surface area contributed by atoms with Crippen LogP contribution in [0.3, 0.4) is 0 Å². The number of hydrogen-bond donors (Lipinski definition) is 3. The lowest BCUT2D eigenvalue weighted by Gasteiger charge is -2.07. The summed E-state index contributed by atoms with van der Waals surface area (Å²) >= 11 is 3.18. The van der Waals surface area contributed by atoms with Crippen molar-refractivity contribution in [1.29, 1.82) is 0 Å². The summed E-state index contributed by atoms with van der Waals surface area (Å²) < 4.78 is 5.19. The van der Waals surface area contributed by atoms with Gasteiger partial charge in [0.2, 0.25) is 0 Å². The molecule has 0 saturated heterocycles. The summed E-state index contributed by atoms with van der Waals surface area (Å²) in [4.78, 5) is 22.6. The second-order valence-electron chi connectivity index (χ2n) is 3.83. The first kappa shape index (κ1) is 14.1. The van der Waals surface area contributed by atoms with Gasteiger partial charge in [0.15, 0.2) is 0 Å². The fraction of sp³-hybridized carbons (Fsp3) is 0.0833. The van der Waals surface area contributed by atoms with Gasteiger partial charge in [0.25, 0.3) is 0 Å². The van der Waals surface area contributed by atoms with Gasteiger partial charge >= 0.3 is 12.0 Å². The minimum Gasteiger partial charge on any atom is -0.478 e. The second-order valence-corrected chi connectivity index (χ2v) is 4.75. The van der Waals surface area contributed by atoms with Crippen molar-refractivity contribution < 1.29 is 19.2 Å². The van der Waals surface area contributed by atoms with E-state index >= 15 is 0 Å². The van der Waals surface area contributed by atoms with Crippen LogP contribution in [0.2, 0.25) is 0 Å². The Kier molecular flexibility index (Phi) is 4.36. The largest absolute Gasteiger partial charge is 0.478 e. The topological polar surface area (TPSA) is 104 Å². The molecular formula is C12H10BrN3O4. The molecule has 0 atom stereocenters. The lowest BCUT2D eigenvalue weighted by molar-refractivity contribution is 0.0697. The van der Waals surface area contributed by atoms with Gasteiger partial charge in [0, 0.05) is 16.2 Å². The Bertz CT molecular complexity index is 628. The highest BCUT2D eigenvalue weighted by Crippen LogP contribution is 2.19. The van der Waals surface area contributed by atoms with Crippen molar-refractivity contribution in [2.24, 2.45) is 0 Å². The van der Waals surface area contributed by atoms with Gasteiger partial charge in [-0.15, -0.1) is 0 Å². The van der Waals surface area contributed by atoms with Gasteiger partial charge in [-0.3, -0.25) is 0 Å². The number of carboxylic acid groups (broad SMARTS) is 1. The highest BCUT2D eigenvalue weighted by Gasteiger charge is 2.08. The number of aromatic carboxylic acids is 1. The molecule has 8 heteroatoms. The van der Waals surface area contributed by atoms with Crippen LogP contribution in [0.5, 0.6) is 0 Å². The number of urea groups is 1. The number of carbonyl (C=O) groups is 2. The first-order chi connectivity index (χ1) is 9.54. The number of rotatable bonds is 4. The van der Waals surface area contributed by atoms with Gasteiger partial charge in [-0.05, 0) is 18.2 Å². The van der Waals surface area contributed by atoms with E-state index in [-0.39, 0.29) is 12.1 Å². The number of anilines is 1. The summed E-state index contributed by atoms with van der Waals surface area (Å²) in [5, 5.41) is 17.7. The van der Waals surface area contributed by atoms with Gasteiger partial charge in [-0.2, -0.15) is 0 Å². The van der Waals surface area contributed by atoms with Crippen molar-refractivity contribution in [3.63, 3.8) is 0 Å². The highest BCUT2D eigenvalue weighted by atomic mass is 79.9. The molecular weight excluding hydrogens is 330 g/mol. The Morgan fingerprint density at radius 3 is 2.80 bits per heavy atom. The lowest BCUT2D eigenvalue weighted by atomic mass is 10.2. The molecule has 0 bridgehead atoms. The quantitative estimate of drug-likeness (QED) is 0.793. The third-order valence-electron chi connectivity index (χ3n) is 2.32. The summed E-state index contributed by atoms with van der Waals surface area (Å²) in [6, 6.07) is 5.57. The Morgan fingerprint density at radius 1 is 1.35 bits per heavy atom. The molecule has 2 rings (SSSR count).